The number of carbonyl (C=O) groups is 2. The molecule has 0 aliphatic rings. The van der Waals surface area contributed by atoms with E-state index in [0.29, 0.717) is 13.0 Å². The van der Waals surface area contributed by atoms with Gasteiger partial charge in [-0.05, 0) is 44.5 Å². The standard InChI is InChI=1S/C8H11NO2.C8H10O3.ClH/c9-4-3-6-1-2-7(10)8(11)5-6;1-5(2)7(9)11-8(10)6(3)4;/h1-2,5,10-11H,3-4,9H2;1,3H2,2,4H3;1H. The molecule has 0 aromatic heterocycles. The van der Waals surface area contributed by atoms with Crippen molar-refractivity contribution in [1.82, 2.24) is 0 Å². The first kappa shape index (κ1) is 23.0. The molecule has 0 saturated heterocycles. The number of ether oxygens (including phenoxy) is 1. The van der Waals surface area contributed by atoms with Crippen molar-refractivity contribution in [3.05, 3.63) is 48.1 Å². The maximum atomic E-state index is 10.7. The number of hydrogen-bond donors (Lipinski definition) is 3. The predicted octanol–water partition coefficient (Wildman–Crippen LogP) is 2.23. The summed E-state index contributed by atoms with van der Waals surface area (Å²) in [6.07, 6.45) is 0.716. The van der Waals surface area contributed by atoms with Crippen molar-refractivity contribution in [2.24, 2.45) is 5.73 Å². The van der Waals surface area contributed by atoms with E-state index in [4.69, 9.17) is 15.9 Å². The third kappa shape index (κ3) is 9.34. The van der Waals surface area contributed by atoms with Gasteiger partial charge in [0, 0.05) is 11.1 Å². The van der Waals surface area contributed by atoms with Crippen LogP contribution in [0.4, 0.5) is 0 Å². The van der Waals surface area contributed by atoms with Crippen LogP contribution in [0.15, 0.2) is 42.5 Å². The summed E-state index contributed by atoms with van der Waals surface area (Å²) in [6.45, 7) is 10.1. The highest BCUT2D eigenvalue weighted by molar-refractivity contribution is 6.00. The van der Waals surface area contributed by atoms with E-state index in [1.54, 1.807) is 6.07 Å². The van der Waals surface area contributed by atoms with Crippen molar-refractivity contribution in [1.29, 1.82) is 0 Å². The summed E-state index contributed by atoms with van der Waals surface area (Å²) in [5, 5.41) is 18.0. The van der Waals surface area contributed by atoms with Crippen LogP contribution in [0.2, 0.25) is 0 Å². The molecule has 0 unspecified atom stereocenters. The fourth-order valence-corrected chi connectivity index (χ4v) is 1.15. The Balaban J connectivity index is 0. The topological polar surface area (TPSA) is 110 Å². The van der Waals surface area contributed by atoms with Crippen molar-refractivity contribution < 1.29 is 24.5 Å². The summed E-state index contributed by atoms with van der Waals surface area (Å²) >= 11 is 0. The van der Waals surface area contributed by atoms with Crippen molar-refractivity contribution in [3.63, 3.8) is 0 Å². The van der Waals surface area contributed by atoms with Gasteiger partial charge in [0.1, 0.15) is 0 Å². The van der Waals surface area contributed by atoms with E-state index in [2.05, 4.69) is 17.9 Å². The molecule has 1 aromatic carbocycles. The number of phenols is 2. The molecule has 0 bridgehead atoms. The predicted molar refractivity (Wildman–Crippen MR) is 90.5 cm³/mol. The molecule has 4 N–H and O–H groups in total. The molecule has 23 heavy (non-hydrogen) atoms. The van der Waals surface area contributed by atoms with Crippen LogP contribution in [0.3, 0.4) is 0 Å². The van der Waals surface area contributed by atoms with Crippen molar-refractivity contribution in [2.45, 2.75) is 20.3 Å². The lowest BCUT2D eigenvalue weighted by Crippen LogP contribution is -2.12. The van der Waals surface area contributed by atoms with Gasteiger partial charge in [0.15, 0.2) is 11.5 Å². The highest BCUT2D eigenvalue weighted by atomic mass is 35.5. The molecule has 0 aliphatic heterocycles. The van der Waals surface area contributed by atoms with Gasteiger partial charge in [-0.3, -0.25) is 0 Å². The Bertz CT molecular complexity index is 560. The van der Waals surface area contributed by atoms with Gasteiger partial charge in [-0.15, -0.1) is 12.4 Å². The minimum absolute atomic E-state index is 0. The van der Waals surface area contributed by atoms with E-state index in [0.717, 1.165) is 5.56 Å². The molecule has 0 aliphatic carbocycles. The molecule has 1 aromatic rings. The zero-order chi connectivity index (χ0) is 17.3. The number of phenolic OH excluding ortho intramolecular Hbond substituents is 2. The van der Waals surface area contributed by atoms with Gasteiger partial charge in [-0.25, -0.2) is 9.59 Å². The minimum atomic E-state index is -0.710. The van der Waals surface area contributed by atoms with Gasteiger partial charge in [-0.1, -0.05) is 19.2 Å². The smallest absolute Gasteiger partial charge is 0.340 e. The SMILES string of the molecule is C=C(C)C(=O)OC(=O)C(=C)C.Cl.NCCc1ccc(O)c(O)c1. The summed E-state index contributed by atoms with van der Waals surface area (Å²) in [4.78, 5) is 21.3. The number of aromatic hydroxyl groups is 2. The molecule has 1 rings (SSSR count). The number of esters is 2. The van der Waals surface area contributed by atoms with Gasteiger partial charge in [0.2, 0.25) is 0 Å². The lowest BCUT2D eigenvalue weighted by molar-refractivity contribution is -0.153. The van der Waals surface area contributed by atoms with E-state index in [-0.39, 0.29) is 35.1 Å². The quantitative estimate of drug-likeness (QED) is 0.335. The summed E-state index contributed by atoms with van der Waals surface area (Å²) in [5.41, 5.74) is 6.63. The van der Waals surface area contributed by atoms with Crippen LogP contribution in [0.25, 0.3) is 0 Å². The monoisotopic (exact) mass is 343 g/mol. The van der Waals surface area contributed by atoms with Crippen molar-refractivity contribution in [3.8, 4) is 11.5 Å². The molecule has 0 heterocycles. The van der Waals surface area contributed by atoms with Crippen LogP contribution in [0.5, 0.6) is 11.5 Å². The van der Waals surface area contributed by atoms with E-state index in [1.807, 2.05) is 0 Å². The lowest BCUT2D eigenvalue weighted by atomic mass is 10.1. The molecule has 0 fully saturated rings. The summed E-state index contributed by atoms with van der Waals surface area (Å²) in [7, 11) is 0. The second-order valence-electron chi connectivity index (χ2n) is 4.60. The van der Waals surface area contributed by atoms with Gasteiger partial charge in [0.25, 0.3) is 0 Å². The van der Waals surface area contributed by atoms with E-state index in [1.165, 1.54) is 26.0 Å². The fourth-order valence-electron chi connectivity index (χ4n) is 1.15. The average Bonchev–Trinajstić information content (AvgIpc) is 2.43. The van der Waals surface area contributed by atoms with Crippen molar-refractivity contribution in [2.75, 3.05) is 6.54 Å². The van der Waals surface area contributed by atoms with Gasteiger partial charge >= 0.3 is 11.9 Å². The molecule has 0 radical (unpaired) electrons. The number of rotatable bonds is 4. The Kier molecular flexibility index (Phi) is 11.3. The van der Waals surface area contributed by atoms with Crippen LogP contribution in [-0.2, 0) is 20.7 Å². The highest BCUT2D eigenvalue weighted by Gasteiger charge is 2.10. The number of hydrogen-bond acceptors (Lipinski definition) is 6. The second kappa shape index (κ2) is 11.3. The number of nitrogens with two attached hydrogens (primary N) is 1. The van der Waals surface area contributed by atoms with Crippen LogP contribution in [-0.4, -0.2) is 28.7 Å². The first-order valence-electron chi connectivity index (χ1n) is 6.47. The van der Waals surface area contributed by atoms with E-state index >= 15 is 0 Å². The largest absolute Gasteiger partial charge is 0.504 e. The molecular formula is C16H22ClNO5. The van der Waals surface area contributed by atoms with Gasteiger partial charge in [-0.2, -0.15) is 0 Å². The molecule has 7 heteroatoms. The Morgan fingerprint density at radius 2 is 1.57 bits per heavy atom. The first-order chi connectivity index (χ1) is 10.2. The Labute approximate surface area is 141 Å². The maximum absolute atomic E-state index is 10.7. The van der Waals surface area contributed by atoms with Crippen molar-refractivity contribution >= 4 is 24.3 Å². The van der Waals surface area contributed by atoms with E-state index < -0.39 is 11.9 Å². The van der Waals surface area contributed by atoms with Crippen LogP contribution >= 0.6 is 12.4 Å². The normalized spacial score (nSPS) is 8.83. The molecule has 6 nitrogen and oxygen atoms in total. The Morgan fingerprint density at radius 3 is 1.91 bits per heavy atom. The molecule has 128 valence electrons. The van der Waals surface area contributed by atoms with E-state index in [9.17, 15) is 9.59 Å². The number of carbonyl (C=O) groups excluding carboxylic acids is 2. The zero-order valence-electron chi connectivity index (χ0n) is 13.2. The second-order valence-corrected chi connectivity index (χ2v) is 4.60. The van der Waals surface area contributed by atoms with Crippen LogP contribution in [0, 0.1) is 0 Å². The molecule has 0 saturated carbocycles. The number of benzene rings is 1. The minimum Gasteiger partial charge on any atom is -0.504 e. The van der Waals surface area contributed by atoms with Crippen LogP contribution in [0.1, 0.15) is 19.4 Å². The lowest BCUT2D eigenvalue weighted by Gasteiger charge is -2.00. The molecule has 0 spiro atoms. The molecule has 0 atom stereocenters. The third-order valence-electron chi connectivity index (χ3n) is 2.36. The van der Waals surface area contributed by atoms with Gasteiger partial charge in [0.05, 0.1) is 0 Å². The fraction of sp³-hybridized carbons (Fsp3) is 0.250. The highest BCUT2D eigenvalue weighted by Crippen LogP contribution is 2.24. The Morgan fingerprint density at radius 1 is 1.09 bits per heavy atom. The molecular weight excluding hydrogens is 322 g/mol. The summed E-state index contributed by atoms with van der Waals surface area (Å²) in [5.74, 6) is -1.60. The maximum Gasteiger partial charge on any atom is 0.340 e. The van der Waals surface area contributed by atoms with Crippen LogP contribution < -0.4 is 5.73 Å². The summed E-state index contributed by atoms with van der Waals surface area (Å²) in [6, 6.07) is 4.71. The Hall–Kier alpha value is -2.31. The number of halogens is 1. The zero-order valence-corrected chi connectivity index (χ0v) is 14.0. The first-order valence-corrected chi connectivity index (χ1v) is 6.47. The summed E-state index contributed by atoms with van der Waals surface area (Å²) < 4.78 is 4.30. The average molecular weight is 344 g/mol. The van der Waals surface area contributed by atoms with Gasteiger partial charge < -0.3 is 20.7 Å². The molecule has 0 amide bonds. The third-order valence-corrected chi connectivity index (χ3v) is 2.36.